The van der Waals surface area contributed by atoms with Gasteiger partial charge in [0.15, 0.2) is 0 Å². The summed E-state index contributed by atoms with van der Waals surface area (Å²) < 4.78 is 0. The number of fused-ring (bicyclic) bond motifs is 1. The zero-order chi connectivity index (χ0) is 22.6. The number of hydrogen-bond donors (Lipinski definition) is 1. The molecule has 1 aliphatic heterocycles. The van der Waals surface area contributed by atoms with E-state index in [0.29, 0.717) is 5.82 Å². The molecule has 0 radical (unpaired) electrons. The van der Waals surface area contributed by atoms with Crippen LogP contribution in [-0.4, -0.2) is 70.4 Å². The van der Waals surface area contributed by atoms with Gasteiger partial charge in [-0.25, -0.2) is 4.98 Å². The first kappa shape index (κ1) is 21.9. The number of likely N-dealkylation sites (N-methyl/N-ethyl adjacent to an activating group) is 1. The van der Waals surface area contributed by atoms with Crippen molar-refractivity contribution in [3.05, 3.63) is 49.1 Å². The highest BCUT2D eigenvalue weighted by Crippen LogP contribution is 2.31. The normalized spacial score (nSPS) is 22.3. The van der Waals surface area contributed by atoms with Crippen molar-refractivity contribution in [1.29, 1.82) is 0 Å². The van der Waals surface area contributed by atoms with Gasteiger partial charge in [0.2, 0.25) is 5.91 Å². The molecule has 1 aliphatic carbocycles. The molecule has 1 aromatic carbocycles. The molecule has 0 bridgehead atoms. The minimum absolute atomic E-state index is 0.0807. The van der Waals surface area contributed by atoms with Gasteiger partial charge in [-0.1, -0.05) is 12.1 Å². The van der Waals surface area contributed by atoms with Gasteiger partial charge in [-0.2, -0.15) is 0 Å². The van der Waals surface area contributed by atoms with E-state index >= 15 is 0 Å². The molecule has 1 N–H and O–H groups in total. The van der Waals surface area contributed by atoms with Crippen LogP contribution in [0.1, 0.15) is 25.7 Å². The highest BCUT2D eigenvalue weighted by molar-refractivity contribution is 5.95. The summed E-state index contributed by atoms with van der Waals surface area (Å²) in [6.07, 6.45) is 11.1. The van der Waals surface area contributed by atoms with Crippen LogP contribution in [0.5, 0.6) is 0 Å². The minimum atomic E-state index is 0.0807. The number of piperazine rings is 1. The summed E-state index contributed by atoms with van der Waals surface area (Å²) in [5.74, 6) is 1.52. The van der Waals surface area contributed by atoms with Gasteiger partial charge >= 0.3 is 0 Å². The van der Waals surface area contributed by atoms with E-state index in [2.05, 4.69) is 43.2 Å². The topological polar surface area (TPSA) is 74.2 Å². The van der Waals surface area contributed by atoms with Crippen LogP contribution in [0.4, 0.5) is 5.82 Å². The largest absolute Gasteiger partial charge is 0.310 e. The van der Waals surface area contributed by atoms with E-state index < -0.39 is 0 Å². The molecule has 5 rings (SSSR count). The summed E-state index contributed by atoms with van der Waals surface area (Å²) in [6.45, 7) is 5.85. The van der Waals surface area contributed by atoms with Crippen molar-refractivity contribution >= 4 is 22.5 Å². The van der Waals surface area contributed by atoms with E-state index in [1.54, 1.807) is 18.6 Å². The van der Waals surface area contributed by atoms with Crippen molar-refractivity contribution < 1.29 is 4.79 Å². The number of carbonyl (C=O) groups is 1. The summed E-state index contributed by atoms with van der Waals surface area (Å²) in [6, 6.07) is 8.07. The van der Waals surface area contributed by atoms with E-state index in [9.17, 15) is 4.79 Å². The van der Waals surface area contributed by atoms with E-state index in [-0.39, 0.29) is 11.8 Å². The van der Waals surface area contributed by atoms with Crippen molar-refractivity contribution in [1.82, 2.24) is 24.8 Å². The summed E-state index contributed by atoms with van der Waals surface area (Å²) in [4.78, 5) is 30.9. The number of nitrogens with zero attached hydrogens (tertiary/aromatic N) is 5. The second-order valence-corrected chi connectivity index (χ2v) is 9.53. The Labute approximate surface area is 195 Å². The molecule has 3 aromatic rings. The average molecular weight is 445 g/mol. The second kappa shape index (κ2) is 9.93. The standard InChI is InChI=1S/C26H32N6O/c1-31-10-12-32(13-11-31)18-19-2-4-20(5-3-19)26(33)30-25-15-23-14-21(6-7-22(23)16-29-25)24-17-27-8-9-28-24/h6-9,14-17,19-20H,2-5,10-13,18H2,1H3,(H,29,30,33)/t19-,20-. The molecular formula is C26H32N6O. The van der Waals surface area contributed by atoms with Gasteiger partial charge in [-0.05, 0) is 56.2 Å². The molecule has 2 aromatic heterocycles. The predicted molar refractivity (Wildman–Crippen MR) is 131 cm³/mol. The van der Waals surface area contributed by atoms with Gasteiger partial charge in [-0.15, -0.1) is 0 Å². The molecule has 0 atom stereocenters. The summed E-state index contributed by atoms with van der Waals surface area (Å²) in [7, 11) is 2.20. The minimum Gasteiger partial charge on any atom is -0.310 e. The van der Waals surface area contributed by atoms with Gasteiger partial charge < -0.3 is 15.1 Å². The molecule has 3 heterocycles. The van der Waals surface area contributed by atoms with Gasteiger partial charge in [0, 0.05) is 68.2 Å². The molecule has 33 heavy (non-hydrogen) atoms. The number of hydrogen-bond acceptors (Lipinski definition) is 6. The molecule has 1 saturated heterocycles. The van der Waals surface area contributed by atoms with Crippen LogP contribution >= 0.6 is 0 Å². The molecule has 7 nitrogen and oxygen atoms in total. The monoisotopic (exact) mass is 444 g/mol. The van der Waals surface area contributed by atoms with E-state index in [1.165, 1.54) is 19.6 Å². The van der Waals surface area contributed by atoms with E-state index in [4.69, 9.17) is 0 Å². The predicted octanol–water partition coefficient (Wildman–Crippen LogP) is 3.68. The van der Waals surface area contributed by atoms with E-state index in [0.717, 1.165) is 66.7 Å². The fourth-order valence-electron chi connectivity index (χ4n) is 5.05. The lowest BCUT2D eigenvalue weighted by molar-refractivity contribution is -0.121. The molecule has 2 aliphatic rings. The molecule has 172 valence electrons. The van der Waals surface area contributed by atoms with Crippen molar-refractivity contribution in [2.45, 2.75) is 25.7 Å². The van der Waals surface area contributed by atoms with Gasteiger partial charge in [0.05, 0.1) is 11.9 Å². The Morgan fingerprint density at radius 2 is 1.79 bits per heavy atom. The Hall–Kier alpha value is -2.90. The van der Waals surface area contributed by atoms with Crippen molar-refractivity contribution in [3.63, 3.8) is 0 Å². The molecule has 0 unspecified atom stereocenters. The quantitative estimate of drug-likeness (QED) is 0.647. The zero-order valence-electron chi connectivity index (χ0n) is 19.3. The number of pyridine rings is 1. The molecule has 0 spiro atoms. The lowest BCUT2D eigenvalue weighted by atomic mass is 9.81. The lowest BCUT2D eigenvalue weighted by Gasteiger charge is -2.36. The van der Waals surface area contributed by atoms with E-state index in [1.807, 2.05) is 24.4 Å². The summed E-state index contributed by atoms with van der Waals surface area (Å²) >= 11 is 0. The first-order chi connectivity index (χ1) is 16.1. The lowest BCUT2D eigenvalue weighted by Crippen LogP contribution is -2.46. The molecule has 1 amide bonds. The van der Waals surface area contributed by atoms with Crippen LogP contribution in [0.2, 0.25) is 0 Å². The third-order valence-electron chi connectivity index (χ3n) is 7.16. The zero-order valence-corrected chi connectivity index (χ0v) is 19.3. The number of nitrogens with one attached hydrogen (secondary N) is 1. The molecule has 2 fully saturated rings. The molecule has 7 heteroatoms. The van der Waals surface area contributed by atoms with Crippen LogP contribution in [-0.2, 0) is 4.79 Å². The van der Waals surface area contributed by atoms with Crippen molar-refractivity contribution in [2.75, 3.05) is 45.1 Å². The maximum Gasteiger partial charge on any atom is 0.228 e. The van der Waals surface area contributed by atoms with Crippen LogP contribution < -0.4 is 5.32 Å². The molecule has 1 saturated carbocycles. The number of aromatic nitrogens is 3. The Kier molecular flexibility index (Phi) is 6.60. The highest BCUT2D eigenvalue weighted by atomic mass is 16.1. The number of amides is 1. The van der Waals surface area contributed by atoms with Gasteiger partial charge in [-0.3, -0.25) is 14.8 Å². The number of carbonyl (C=O) groups excluding carboxylic acids is 1. The average Bonchev–Trinajstić information content (AvgIpc) is 2.86. The third-order valence-corrected chi connectivity index (χ3v) is 7.16. The Morgan fingerprint density at radius 1 is 0.970 bits per heavy atom. The Morgan fingerprint density at radius 3 is 2.55 bits per heavy atom. The van der Waals surface area contributed by atoms with Crippen LogP contribution in [0.15, 0.2) is 49.1 Å². The number of anilines is 1. The Bertz CT molecular complexity index is 1090. The number of benzene rings is 1. The summed E-state index contributed by atoms with van der Waals surface area (Å²) in [5.41, 5.74) is 1.83. The first-order valence-electron chi connectivity index (χ1n) is 12.0. The van der Waals surface area contributed by atoms with Gasteiger partial charge in [0.25, 0.3) is 0 Å². The SMILES string of the molecule is CN1CCN(C[C@H]2CC[C@H](C(=O)Nc3cc4cc(-c5cnccn5)ccc4cn3)CC2)CC1. The van der Waals surface area contributed by atoms with Crippen LogP contribution in [0, 0.1) is 11.8 Å². The van der Waals surface area contributed by atoms with Crippen LogP contribution in [0.25, 0.3) is 22.0 Å². The Balaban J connectivity index is 1.18. The van der Waals surface area contributed by atoms with Crippen LogP contribution in [0.3, 0.4) is 0 Å². The summed E-state index contributed by atoms with van der Waals surface area (Å²) in [5, 5.41) is 5.13. The van der Waals surface area contributed by atoms with Crippen molar-refractivity contribution in [2.24, 2.45) is 11.8 Å². The highest BCUT2D eigenvalue weighted by Gasteiger charge is 2.28. The first-order valence-corrected chi connectivity index (χ1v) is 12.0. The van der Waals surface area contributed by atoms with Gasteiger partial charge in [0.1, 0.15) is 5.82 Å². The smallest absolute Gasteiger partial charge is 0.228 e. The fourth-order valence-corrected chi connectivity index (χ4v) is 5.05. The maximum absolute atomic E-state index is 12.9. The fraction of sp³-hybridized carbons (Fsp3) is 0.462. The van der Waals surface area contributed by atoms with Crippen molar-refractivity contribution in [3.8, 4) is 11.3 Å². The third kappa shape index (κ3) is 5.37. The molecular weight excluding hydrogens is 412 g/mol. The maximum atomic E-state index is 12.9. The second-order valence-electron chi connectivity index (χ2n) is 9.53. The number of rotatable bonds is 5.